The lowest BCUT2D eigenvalue weighted by Crippen LogP contribution is -2.02. The molecule has 0 saturated heterocycles. The summed E-state index contributed by atoms with van der Waals surface area (Å²) in [5.41, 5.74) is 0.851. The number of nitrogens with zero attached hydrogens (tertiary/aromatic N) is 2. The zero-order valence-corrected chi connectivity index (χ0v) is 7.66. The average molecular weight is 176 g/mol. The highest BCUT2D eigenvalue weighted by Crippen LogP contribution is 2.37. The maximum Gasteiger partial charge on any atom is 0.135 e. The SMILES string of the molecule is CC(=O)Cc1ccnc(C2CC2)n1. The summed E-state index contributed by atoms with van der Waals surface area (Å²) in [7, 11) is 0. The van der Waals surface area contributed by atoms with Crippen LogP contribution in [0.2, 0.25) is 0 Å². The van der Waals surface area contributed by atoms with Crippen molar-refractivity contribution >= 4 is 5.78 Å². The zero-order chi connectivity index (χ0) is 9.26. The quantitative estimate of drug-likeness (QED) is 0.700. The molecule has 0 bridgehead atoms. The van der Waals surface area contributed by atoms with E-state index in [1.807, 2.05) is 6.07 Å². The van der Waals surface area contributed by atoms with E-state index in [4.69, 9.17) is 0 Å². The molecule has 13 heavy (non-hydrogen) atoms. The van der Waals surface area contributed by atoms with Crippen LogP contribution in [0, 0.1) is 0 Å². The Bertz CT molecular complexity index is 331. The first-order valence-corrected chi connectivity index (χ1v) is 4.57. The van der Waals surface area contributed by atoms with Crippen molar-refractivity contribution in [3.8, 4) is 0 Å². The number of carbonyl (C=O) groups is 1. The van der Waals surface area contributed by atoms with Crippen LogP contribution in [0.4, 0.5) is 0 Å². The number of Topliss-reactive ketones (excluding diaryl/α,β-unsaturated/α-hetero) is 1. The molecule has 3 nitrogen and oxygen atoms in total. The molecule has 68 valence electrons. The Morgan fingerprint density at radius 1 is 1.62 bits per heavy atom. The highest BCUT2D eigenvalue weighted by molar-refractivity contribution is 5.77. The van der Waals surface area contributed by atoms with Crippen molar-refractivity contribution in [1.82, 2.24) is 9.97 Å². The van der Waals surface area contributed by atoms with Crippen LogP contribution in [0.3, 0.4) is 0 Å². The van der Waals surface area contributed by atoms with Crippen LogP contribution in [0.1, 0.15) is 37.2 Å². The molecule has 1 aliphatic carbocycles. The molecule has 0 aliphatic heterocycles. The lowest BCUT2D eigenvalue weighted by molar-refractivity contribution is -0.116. The number of rotatable bonds is 3. The van der Waals surface area contributed by atoms with Gasteiger partial charge in [-0.1, -0.05) is 0 Å². The van der Waals surface area contributed by atoms with Crippen molar-refractivity contribution in [3.63, 3.8) is 0 Å². The van der Waals surface area contributed by atoms with Gasteiger partial charge in [0.25, 0.3) is 0 Å². The van der Waals surface area contributed by atoms with Crippen molar-refractivity contribution < 1.29 is 4.79 Å². The monoisotopic (exact) mass is 176 g/mol. The summed E-state index contributed by atoms with van der Waals surface area (Å²) in [4.78, 5) is 19.4. The van der Waals surface area contributed by atoms with E-state index in [2.05, 4.69) is 9.97 Å². The topological polar surface area (TPSA) is 42.9 Å². The van der Waals surface area contributed by atoms with Gasteiger partial charge in [0.15, 0.2) is 0 Å². The molecule has 0 atom stereocenters. The summed E-state index contributed by atoms with van der Waals surface area (Å²) in [5, 5.41) is 0. The molecule has 0 radical (unpaired) electrons. The van der Waals surface area contributed by atoms with E-state index in [0.29, 0.717) is 12.3 Å². The third-order valence-electron chi connectivity index (χ3n) is 2.10. The molecule has 2 rings (SSSR count). The first-order valence-electron chi connectivity index (χ1n) is 4.57. The largest absolute Gasteiger partial charge is 0.300 e. The second-order valence-corrected chi connectivity index (χ2v) is 3.56. The fourth-order valence-corrected chi connectivity index (χ4v) is 1.30. The predicted molar refractivity (Wildman–Crippen MR) is 48.4 cm³/mol. The van der Waals surface area contributed by atoms with Gasteiger partial charge in [-0.15, -0.1) is 0 Å². The third kappa shape index (κ3) is 2.11. The van der Waals surface area contributed by atoms with Crippen LogP contribution >= 0.6 is 0 Å². The van der Waals surface area contributed by atoms with Crippen LogP contribution in [-0.2, 0) is 11.2 Å². The molecule has 1 aromatic rings. The van der Waals surface area contributed by atoms with Gasteiger partial charge in [0.05, 0.1) is 5.69 Å². The number of hydrogen-bond acceptors (Lipinski definition) is 3. The number of ketones is 1. The van der Waals surface area contributed by atoms with Crippen molar-refractivity contribution in [2.75, 3.05) is 0 Å². The Morgan fingerprint density at radius 2 is 2.38 bits per heavy atom. The average Bonchev–Trinajstić information content (AvgIpc) is 2.85. The molecule has 1 saturated carbocycles. The second kappa shape index (κ2) is 3.24. The van der Waals surface area contributed by atoms with E-state index in [1.54, 1.807) is 13.1 Å². The Morgan fingerprint density at radius 3 is 3.00 bits per heavy atom. The van der Waals surface area contributed by atoms with Crippen molar-refractivity contribution in [2.24, 2.45) is 0 Å². The van der Waals surface area contributed by atoms with E-state index in [0.717, 1.165) is 11.5 Å². The maximum absolute atomic E-state index is 10.8. The standard InChI is InChI=1S/C10H12N2O/c1-7(13)6-9-4-5-11-10(12-9)8-2-3-8/h4-5,8H,2-3,6H2,1H3. The Kier molecular flexibility index (Phi) is 2.08. The molecular weight excluding hydrogens is 164 g/mol. The minimum Gasteiger partial charge on any atom is -0.300 e. The lowest BCUT2D eigenvalue weighted by atomic mass is 10.2. The molecule has 1 aromatic heterocycles. The van der Waals surface area contributed by atoms with Gasteiger partial charge in [0, 0.05) is 18.5 Å². The van der Waals surface area contributed by atoms with Crippen LogP contribution in [0.25, 0.3) is 0 Å². The van der Waals surface area contributed by atoms with Gasteiger partial charge in [-0.25, -0.2) is 9.97 Å². The summed E-state index contributed by atoms with van der Waals surface area (Å²) in [5.74, 6) is 1.63. The van der Waals surface area contributed by atoms with Crippen molar-refractivity contribution in [2.45, 2.75) is 32.1 Å². The van der Waals surface area contributed by atoms with Gasteiger partial charge < -0.3 is 0 Å². The highest BCUT2D eigenvalue weighted by Gasteiger charge is 2.26. The molecule has 3 heteroatoms. The summed E-state index contributed by atoms with van der Waals surface area (Å²) >= 11 is 0. The number of hydrogen-bond donors (Lipinski definition) is 0. The van der Waals surface area contributed by atoms with E-state index in [9.17, 15) is 4.79 Å². The number of carbonyl (C=O) groups excluding carboxylic acids is 1. The smallest absolute Gasteiger partial charge is 0.135 e. The van der Waals surface area contributed by atoms with E-state index < -0.39 is 0 Å². The van der Waals surface area contributed by atoms with Crippen LogP contribution < -0.4 is 0 Å². The first kappa shape index (κ1) is 8.35. The molecule has 0 N–H and O–H groups in total. The van der Waals surface area contributed by atoms with E-state index in [1.165, 1.54) is 12.8 Å². The minimum atomic E-state index is 0.153. The van der Waals surface area contributed by atoms with Crippen molar-refractivity contribution in [1.29, 1.82) is 0 Å². The molecule has 1 heterocycles. The lowest BCUT2D eigenvalue weighted by Gasteiger charge is -1.99. The van der Waals surface area contributed by atoms with Crippen LogP contribution in [-0.4, -0.2) is 15.8 Å². The summed E-state index contributed by atoms with van der Waals surface area (Å²) in [6, 6.07) is 1.81. The molecular formula is C10H12N2O. The van der Waals surface area contributed by atoms with Gasteiger partial charge in [0.1, 0.15) is 11.6 Å². The maximum atomic E-state index is 10.8. The summed E-state index contributed by atoms with van der Waals surface area (Å²) in [6.45, 7) is 1.58. The van der Waals surface area contributed by atoms with Gasteiger partial charge in [-0.05, 0) is 25.8 Å². The molecule has 0 aromatic carbocycles. The second-order valence-electron chi connectivity index (χ2n) is 3.56. The number of aromatic nitrogens is 2. The molecule has 0 spiro atoms. The predicted octanol–water partition coefficient (Wildman–Crippen LogP) is 1.49. The Labute approximate surface area is 77.2 Å². The summed E-state index contributed by atoms with van der Waals surface area (Å²) in [6.07, 6.45) is 4.58. The van der Waals surface area contributed by atoms with Crippen molar-refractivity contribution in [3.05, 3.63) is 23.8 Å². The van der Waals surface area contributed by atoms with E-state index in [-0.39, 0.29) is 5.78 Å². The fourth-order valence-electron chi connectivity index (χ4n) is 1.30. The Hall–Kier alpha value is -1.25. The molecule has 1 fully saturated rings. The Balaban J connectivity index is 2.16. The normalized spacial score (nSPS) is 15.8. The zero-order valence-electron chi connectivity index (χ0n) is 7.66. The highest BCUT2D eigenvalue weighted by atomic mass is 16.1. The van der Waals surface area contributed by atoms with Crippen LogP contribution in [0.15, 0.2) is 12.3 Å². The molecule has 1 aliphatic rings. The van der Waals surface area contributed by atoms with Gasteiger partial charge >= 0.3 is 0 Å². The summed E-state index contributed by atoms with van der Waals surface area (Å²) < 4.78 is 0. The van der Waals surface area contributed by atoms with Gasteiger partial charge in [-0.2, -0.15) is 0 Å². The third-order valence-corrected chi connectivity index (χ3v) is 2.10. The molecule has 0 unspecified atom stereocenters. The molecule has 0 amide bonds. The van der Waals surface area contributed by atoms with Crippen LogP contribution in [0.5, 0.6) is 0 Å². The van der Waals surface area contributed by atoms with E-state index >= 15 is 0 Å². The fraction of sp³-hybridized carbons (Fsp3) is 0.500. The minimum absolute atomic E-state index is 0.153. The van der Waals surface area contributed by atoms with Gasteiger partial charge in [-0.3, -0.25) is 4.79 Å². The van der Waals surface area contributed by atoms with Gasteiger partial charge in [0.2, 0.25) is 0 Å². The first-order chi connectivity index (χ1) is 6.25.